The van der Waals surface area contributed by atoms with Crippen LogP contribution in [0.25, 0.3) is 0 Å². The Morgan fingerprint density at radius 2 is 2.08 bits per heavy atom. The number of hydrogen-bond donors (Lipinski definition) is 5. The zero-order valence-corrected chi connectivity index (χ0v) is 7.06. The van der Waals surface area contributed by atoms with Crippen molar-refractivity contribution in [2.24, 2.45) is 10.8 Å². The van der Waals surface area contributed by atoms with Crippen LogP contribution in [0.1, 0.15) is 6.92 Å². The Labute approximate surface area is 75.1 Å². The highest BCUT2D eigenvalue weighted by Gasteiger charge is 1.73. The van der Waals surface area contributed by atoms with Crippen LogP contribution in [0.4, 0.5) is 4.79 Å². The van der Waals surface area contributed by atoms with Crippen LogP contribution >= 0.6 is 0 Å². The molecule has 7 heteroatoms. The molecule has 0 aromatic rings. The summed E-state index contributed by atoms with van der Waals surface area (Å²) in [6.07, 6.45) is 3.24. The highest BCUT2D eigenvalue weighted by Crippen LogP contribution is 1.62. The quantitative estimate of drug-likeness (QED) is 0.241. The highest BCUT2D eigenvalue weighted by molar-refractivity contribution is 5.77. The van der Waals surface area contributed by atoms with Crippen molar-refractivity contribution in [2.75, 3.05) is 0 Å². The molecule has 0 spiro atoms. The van der Waals surface area contributed by atoms with Crippen LogP contribution in [0.3, 0.4) is 0 Å². The van der Waals surface area contributed by atoms with Crippen molar-refractivity contribution in [2.45, 2.75) is 6.92 Å². The number of guanidine groups is 1. The van der Waals surface area contributed by atoms with E-state index in [1.165, 1.54) is 6.21 Å². The lowest BCUT2D eigenvalue weighted by atomic mass is 10.6. The van der Waals surface area contributed by atoms with E-state index >= 15 is 0 Å². The summed E-state index contributed by atoms with van der Waals surface area (Å²) in [6.45, 7) is 1.87. The lowest BCUT2D eigenvalue weighted by Gasteiger charge is -1.89. The SMILES string of the molecule is CC=CC=NNC(=N)N.O=C(O)O. The van der Waals surface area contributed by atoms with Crippen LogP contribution < -0.4 is 11.2 Å². The van der Waals surface area contributed by atoms with Gasteiger partial charge in [-0.1, -0.05) is 6.08 Å². The van der Waals surface area contributed by atoms with Gasteiger partial charge in [-0.25, -0.2) is 10.2 Å². The van der Waals surface area contributed by atoms with Crippen LogP contribution in [0.2, 0.25) is 0 Å². The molecule has 0 aliphatic heterocycles. The van der Waals surface area contributed by atoms with Gasteiger partial charge in [0, 0.05) is 6.21 Å². The lowest BCUT2D eigenvalue weighted by Crippen LogP contribution is -2.25. The summed E-state index contributed by atoms with van der Waals surface area (Å²) in [5.74, 6) is -0.157. The molecule has 7 nitrogen and oxygen atoms in total. The maximum absolute atomic E-state index is 8.56. The van der Waals surface area contributed by atoms with Gasteiger partial charge < -0.3 is 15.9 Å². The fourth-order valence-electron chi connectivity index (χ4n) is 0.236. The van der Waals surface area contributed by atoms with E-state index in [0.29, 0.717) is 0 Å². The number of nitrogens with two attached hydrogens (primary N) is 1. The van der Waals surface area contributed by atoms with Crippen LogP contribution in [0.15, 0.2) is 17.3 Å². The first-order valence-corrected chi connectivity index (χ1v) is 3.17. The van der Waals surface area contributed by atoms with Gasteiger partial charge in [-0.2, -0.15) is 5.10 Å². The summed E-state index contributed by atoms with van der Waals surface area (Å²) < 4.78 is 0. The van der Waals surface area contributed by atoms with Crippen molar-refractivity contribution in [3.63, 3.8) is 0 Å². The summed E-state index contributed by atoms with van der Waals surface area (Å²) in [5, 5.41) is 24.2. The molecule has 0 atom stereocenters. The molecule has 0 aliphatic rings. The highest BCUT2D eigenvalue weighted by atomic mass is 16.6. The Morgan fingerprint density at radius 1 is 1.62 bits per heavy atom. The third kappa shape index (κ3) is 40.3. The van der Waals surface area contributed by atoms with Gasteiger partial charge in [-0.15, -0.1) is 0 Å². The van der Waals surface area contributed by atoms with Crippen molar-refractivity contribution in [1.29, 1.82) is 5.41 Å². The summed E-state index contributed by atoms with van der Waals surface area (Å²) in [4.78, 5) is 8.56. The number of rotatable bonds is 2. The van der Waals surface area contributed by atoms with E-state index in [1.54, 1.807) is 6.08 Å². The van der Waals surface area contributed by atoms with Gasteiger partial charge in [-0.3, -0.25) is 5.41 Å². The van der Waals surface area contributed by atoms with E-state index < -0.39 is 6.16 Å². The standard InChI is InChI=1S/C5H10N4.CH2O3/c1-2-3-4-8-9-5(6)7;2-1(3)4/h2-4H,1H3,(H4,6,7,9);(H2,2,3,4). The zero-order chi connectivity index (χ0) is 10.7. The molecule has 0 saturated heterocycles. The zero-order valence-electron chi connectivity index (χ0n) is 7.06. The van der Waals surface area contributed by atoms with Gasteiger partial charge in [0.25, 0.3) is 0 Å². The van der Waals surface area contributed by atoms with Crippen molar-refractivity contribution in [3.05, 3.63) is 12.2 Å². The van der Waals surface area contributed by atoms with Crippen LogP contribution in [0.5, 0.6) is 0 Å². The second-order valence-electron chi connectivity index (χ2n) is 1.61. The predicted octanol–water partition coefficient (Wildman–Crippen LogP) is 0.254. The van der Waals surface area contributed by atoms with Gasteiger partial charge in [0.1, 0.15) is 0 Å². The number of hydrazone groups is 1. The molecule has 6 N–H and O–H groups in total. The Kier molecular flexibility index (Phi) is 10.4. The minimum Gasteiger partial charge on any atom is -0.450 e. The number of nitrogens with one attached hydrogen (secondary N) is 2. The van der Waals surface area contributed by atoms with Crippen molar-refractivity contribution in [3.8, 4) is 0 Å². The maximum Gasteiger partial charge on any atom is 0.503 e. The molecule has 0 aromatic heterocycles. The third-order valence-electron chi connectivity index (χ3n) is 0.538. The fraction of sp³-hybridized carbons (Fsp3) is 0.167. The number of carboxylic acid groups (broad SMARTS) is 2. The average molecular weight is 188 g/mol. The van der Waals surface area contributed by atoms with Crippen molar-refractivity contribution < 1.29 is 15.0 Å². The summed E-state index contributed by atoms with van der Waals surface area (Å²) in [5.41, 5.74) is 7.17. The largest absolute Gasteiger partial charge is 0.503 e. The Hall–Kier alpha value is -2.05. The van der Waals surface area contributed by atoms with E-state index in [2.05, 4.69) is 10.5 Å². The Bertz CT molecular complexity index is 208. The van der Waals surface area contributed by atoms with E-state index in [4.69, 9.17) is 26.2 Å². The molecule has 74 valence electrons. The van der Waals surface area contributed by atoms with Crippen LogP contribution in [-0.2, 0) is 0 Å². The molecular weight excluding hydrogens is 176 g/mol. The minimum absolute atomic E-state index is 0.157. The lowest BCUT2D eigenvalue weighted by molar-refractivity contribution is 0.137. The van der Waals surface area contributed by atoms with Gasteiger partial charge >= 0.3 is 6.16 Å². The second kappa shape index (κ2) is 9.95. The number of hydrogen-bond acceptors (Lipinski definition) is 3. The molecule has 0 amide bonds. The first-order chi connectivity index (χ1) is 6.00. The molecule has 0 saturated carbocycles. The number of nitrogens with zero attached hydrogens (tertiary/aromatic N) is 1. The maximum atomic E-state index is 8.56. The van der Waals surface area contributed by atoms with Gasteiger partial charge in [-0.05, 0) is 13.0 Å². The molecular formula is C6H12N4O3. The Morgan fingerprint density at radius 3 is 2.38 bits per heavy atom. The van der Waals surface area contributed by atoms with Gasteiger partial charge in [0.05, 0.1) is 0 Å². The Balaban J connectivity index is 0. The van der Waals surface area contributed by atoms with Crippen LogP contribution in [0, 0.1) is 5.41 Å². The van der Waals surface area contributed by atoms with Crippen molar-refractivity contribution >= 4 is 18.3 Å². The molecule has 0 fully saturated rings. The monoisotopic (exact) mass is 188 g/mol. The number of carbonyl (C=O) groups is 1. The van der Waals surface area contributed by atoms with Crippen molar-refractivity contribution in [1.82, 2.24) is 5.43 Å². The van der Waals surface area contributed by atoms with E-state index in [9.17, 15) is 0 Å². The second-order valence-corrected chi connectivity index (χ2v) is 1.61. The fourth-order valence-corrected chi connectivity index (χ4v) is 0.236. The minimum atomic E-state index is -1.83. The van der Waals surface area contributed by atoms with Crippen LogP contribution in [-0.4, -0.2) is 28.5 Å². The predicted molar refractivity (Wildman–Crippen MR) is 49.0 cm³/mol. The smallest absolute Gasteiger partial charge is 0.450 e. The summed E-state index contributed by atoms with van der Waals surface area (Å²) >= 11 is 0. The molecule has 0 rings (SSSR count). The third-order valence-corrected chi connectivity index (χ3v) is 0.538. The molecule has 0 heterocycles. The number of allylic oxidation sites excluding steroid dienone is 2. The van der Waals surface area contributed by atoms with E-state index in [-0.39, 0.29) is 5.96 Å². The normalized spacial score (nSPS) is 9.31. The average Bonchev–Trinajstić information content (AvgIpc) is 1.97. The summed E-state index contributed by atoms with van der Waals surface area (Å²) in [7, 11) is 0. The summed E-state index contributed by atoms with van der Waals surface area (Å²) in [6, 6.07) is 0. The molecule has 0 bridgehead atoms. The van der Waals surface area contributed by atoms with Gasteiger partial charge in [0.15, 0.2) is 0 Å². The first-order valence-electron chi connectivity index (χ1n) is 3.17. The molecule has 0 aromatic carbocycles. The van der Waals surface area contributed by atoms with Gasteiger partial charge in [0.2, 0.25) is 5.96 Å². The topological polar surface area (TPSA) is 132 Å². The van der Waals surface area contributed by atoms with E-state index in [0.717, 1.165) is 0 Å². The molecule has 0 aliphatic carbocycles. The van der Waals surface area contributed by atoms with E-state index in [1.807, 2.05) is 13.0 Å². The first kappa shape index (κ1) is 13.5. The molecule has 0 radical (unpaired) electrons. The molecule has 13 heavy (non-hydrogen) atoms. The molecule has 0 unspecified atom stereocenters.